The molecule has 3 rings (SSSR count). The number of hydrogen-bond acceptors (Lipinski definition) is 1. The fourth-order valence-electron chi connectivity index (χ4n) is 3.22. The Morgan fingerprint density at radius 2 is 2.21 bits per heavy atom. The van der Waals surface area contributed by atoms with Crippen LogP contribution in [-0.4, -0.2) is 17.2 Å². The summed E-state index contributed by atoms with van der Waals surface area (Å²) in [6.07, 6.45) is 5.16. The predicted molar refractivity (Wildman–Crippen MR) is 84.7 cm³/mol. The Bertz CT molecular complexity index is 594. The second kappa shape index (κ2) is 5.29. The molecule has 0 aliphatic carbocycles. The van der Waals surface area contributed by atoms with Crippen molar-refractivity contribution in [1.29, 1.82) is 0 Å². The molecule has 1 aliphatic heterocycles. The summed E-state index contributed by atoms with van der Waals surface area (Å²) >= 11 is 3.60. The molecule has 0 amide bonds. The molecule has 0 spiro atoms. The highest BCUT2D eigenvalue weighted by Crippen LogP contribution is 2.29. The number of rotatable bonds is 2. The lowest BCUT2D eigenvalue weighted by molar-refractivity contribution is 0.399. The van der Waals surface area contributed by atoms with Crippen molar-refractivity contribution in [3.63, 3.8) is 0 Å². The van der Waals surface area contributed by atoms with E-state index in [9.17, 15) is 0 Å². The Morgan fingerprint density at radius 1 is 1.37 bits per heavy atom. The van der Waals surface area contributed by atoms with Crippen molar-refractivity contribution in [2.75, 3.05) is 6.54 Å². The summed E-state index contributed by atoms with van der Waals surface area (Å²) in [5.41, 5.74) is 4.25. The van der Waals surface area contributed by atoms with Gasteiger partial charge >= 0.3 is 0 Å². The van der Waals surface area contributed by atoms with Crippen LogP contribution in [0.5, 0.6) is 0 Å². The third-order valence-electron chi connectivity index (χ3n) is 4.45. The van der Waals surface area contributed by atoms with Gasteiger partial charge in [0.2, 0.25) is 0 Å². The quantitative estimate of drug-likeness (QED) is 0.887. The molecule has 0 saturated carbocycles. The van der Waals surface area contributed by atoms with Crippen LogP contribution < -0.4 is 5.32 Å². The van der Waals surface area contributed by atoms with Gasteiger partial charge < -0.3 is 9.88 Å². The molecule has 2 nitrogen and oxygen atoms in total. The molecule has 1 fully saturated rings. The average molecular weight is 321 g/mol. The van der Waals surface area contributed by atoms with Crippen LogP contribution in [0, 0.1) is 6.92 Å². The molecule has 3 heteroatoms. The summed E-state index contributed by atoms with van der Waals surface area (Å²) in [5.74, 6) is 0. The highest BCUT2D eigenvalue weighted by Gasteiger charge is 2.18. The first-order chi connectivity index (χ1) is 9.16. The first kappa shape index (κ1) is 13.2. The normalized spacial score (nSPS) is 20.1. The van der Waals surface area contributed by atoms with E-state index < -0.39 is 0 Å². The third-order valence-corrected chi connectivity index (χ3v) is 4.94. The summed E-state index contributed by atoms with van der Waals surface area (Å²) in [6.45, 7) is 3.42. The van der Waals surface area contributed by atoms with Gasteiger partial charge in [0.1, 0.15) is 0 Å². The van der Waals surface area contributed by atoms with Gasteiger partial charge in [-0.05, 0) is 56.5 Å². The number of halogens is 1. The molecule has 0 radical (unpaired) electrons. The van der Waals surface area contributed by atoms with Crippen molar-refractivity contribution >= 4 is 26.8 Å². The molecular formula is C16H21BrN2. The molecule has 2 aromatic rings. The van der Waals surface area contributed by atoms with Gasteiger partial charge in [-0.2, -0.15) is 0 Å². The fraction of sp³-hybridized carbons (Fsp3) is 0.500. The monoisotopic (exact) mass is 320 g/mol. The Labute approximate surface area is 123 Å². The van der Waals surface area contributed by atoms with Gasteiger partial charge in [0.05, 0.1) is 0 Å². The summed E-state index contributed by atoms with van der Waals surface area (Å²) in [5, 5.41) is 5.07. The number of aryl methyl sites for hydroxylation is 1. The molecule has 102 valence electrons. The largest absolute Gasteiger partial charge is 0.348 e. The van der Waals surface area contributed by atoms with E-state index in [4.69, 9.17) is 0 Å². The van der Waals surface area contributed by atoms with Gasteiger partial charge in [0.15, 0.2) is 0 Å². The molecule has 2 heterocycles. The van der Waals surface area contributed by atoms with E-state index in [1.54, 1.807) is 0 Å². The summed E-state index contributed by atoms with van der Waals surface area (Å²) in [6, 6.07) is 7.26. The van der Waals surface area contributed by atoms with E-state index >= 15 is 0 Å². The lowest BCUT2D eigenvalue weighted by Crippen LogP contribution is -2.35. The number of fused-ring (bicyclic) bond motifs is 1. The van der Waals surface area contributed by atoms with E-state index in [0.29, 0.717) is 6.04 Å². The summed E-state index contributed by atoms with van der Waals surface area (Å²) in [7, 11) is 2.17. The van der Waals surface area contributed by atoms with Crippen molar-refractivity contribution in [3.05, 3.63) is 33.9 Å². The number of nitrogens with zero attached hydrogens (tertiary/aromatic N) is 1. The highest BCUT2D eigenvalue weighted by molar-refractivity contribution is 9.10. The van der Waals surface area contributed by atoms with Gasteiger partial charge in [0.25, 0.3) is 0 Å². The first-order valence-electron chi connectivity index (χ1n) is 7.13. The van der Waals surface area contributed by atoms with Crippen LogP contribution in [0.15, 0.2) is 22.7 Å². The van der Waals surface area contributed by atoms with Crippen LogP contribution in [0.4, 0.5) is 0 Å². The number of piperidine rings is 1. The standard InChI is InChI=1S/C16H21BrN2/c1-11-14(10-13-5-3-4-8-18-13)15-9-12(17)6-7-16(15)19(11)2/h6-7,9,13,18H,3-5,8,10H2,1-2H3. The zero-order valence-electron chi connectivity index (χ0n) is 11.7. The zero-order valence-corrected chi connectivity index (χ0v) is 13.3. The smallest absolute Gasteiger partial charge is 0.0483 e. The molecular weight excluding hydrogens is 300 g/mol. The van der Waals surface area contributed by atoms with Crippen molar-refractivity contribution < 1.29 is 0 Å². The van der Waals surface area contributed by atoms with E-state index in [0.717, 1.165) is 6.42 Å². The van der Waals surface area contributed by atoms with Crippen LogP contribution >= 0.6 is 15.9 Å². The number of benzene rings is 1. The van der Waals surface area contributed by atoms with Crippen molar-refractivity contribution in [2.24, 2.45) is 7.05 Å². The van der Waals surface area contributed by atoms with Gasteiger partial charge in [-0.3, -0.25) is 0 Å². The van der Waals surface area contributed by atoms with Crippen LogP contribution in [0.3, 0.4) is 0 Å². The SMILES string of the molecule is Cc1c(CC2CCCCN2)c2cc(Br)ccc2n1C. The minimum atomic E-state index is 0.650. The molecule has 1 unspecified atom stereocenters. The van der Waals surface area contributed by atoms with Crippen LogP contribution in [0.1, 0.15) is 30.5 Å². The number of nitrogens with one attached hydrogen (secondary N) is 1. The van der Waals surface area contributed by atoms with Crippen LogP contribution in [0.25, 0.3) is 10.9 Å². The summed E-state index contributed by atoms with van der Waals surface area (Å²) in [4.78, 5) is 0. The van der Waals surface area contributed by atoms with Crippen molar-refractivity contribution in [2.45, 2.75) is 38.6 Å². The molecule has 1 aliphatic rings. The van der Waals surface area contributed by atoms with E-state index in [2.05, 4.69) is 58.0 Å². The van der Waals surface area contributed by atoms with Gasteiger partial charge in [-0.25, -0.2) is 0 Å². The molecule has 1 aromatic carbocycles. The molecule has 1 atom stereocenters. The Morgan fingerprint density at radius 3 is 2.95 bits per heavy atom. The van der Waals surface area contributed by atoms with E-state index in [-0.39, 0.29) is 0 Å². The van der Waals surface area contributed by atoms with Crippen LogP contribution in [-0.2, 0) is 13.5 Å². The van der Waals surface area contributed by atoms with Crippen molar-refractivity contribution in [3.8, 4) is 0 Å². The van der Waals surface area contributed by atoms with E-state index in [1.165, 1.54) is 52.4 Å². The maximum absolute atomic E-state index is 3.66. The second-order valence-corrected chi connectivity index (χ2v) is 6.55. The average Bonchev–Trinajstić information content (AvgIpc) is 2.65. The molecule has 19 heavy (non-hydrogen) atoms. The number of hydrogen-bond donors (Lipinski definition) is 1. The molecule has 1 N–H and O–H groups in total. The second-order valence-electron chi connectivity index (χ2n) is 5.64. The van der Waals surface area contributed by atoms with Crippen LogP contribution in [0.2, 0.25) is 0 Å². The van der Waals surface area contributed by atoms with Gasteiger partial charge in [0, 0.05) is 34.2 Å². The Kier molecular flexibility index (Phi) is 3.68. The topological polar surface area (TPSA) is 17.0 Å². The Balaban J connectivity index is 2.01. The van der Waals surface area contributed by atoms with E-state index in [1.807, 2.05) is 0 Å². The molecule has 1 aromatic heterocycles. The molecule has 1 saturated heterocycles. The third kappa shape index (κ3) is 2.46. The first-order valence-corrected chi connectivity index (χ1v) is 7.93. The number of aromatic nitrogens is 1. The fourth-order valence-corrected chi connectivity index (χ4v) is 3.58. The predicted octanol–water partition coefficient (Wildman–Crippen LogP) is 3.93. The minimum Gasteiger partial charge on any atom is -0.348 e. The zero-order chi connectivity index (χ0) is 13.4. The van der Waals surface area contributed by atoms with Gasteiger partial charge in [-0.15, -0.1) is 0 Å². The Hall–Kier alpha value is -0.800. The highest BCUT2D eigenvalue weighted by atomic mass is 79.9. The van der Waals surface area contributed by atoms with Crippen molar-refractivity contribution in [1.82, 2.24) is 9.88 Å². The lowest BCUT2D eigenvalue weighted by Gasteiger charge is -2.23. The minimum absolute atomic E-state index is 0.650. The molecule has 0 bridgehead atoms. The summed E-state index contributed by atoms with van der Waals surface area (Å²) < 4.78 is 3.49. The lowest BCUT2D eigenvalue weighted by atomic mass is 9.96. The maximum atomic E-state index is 3.66. The van der Waals surface area contributed by atoms with Gasteiger partial charge in [-0.1, -0.05) is 22.4 Å². The maximum Gasteiger partial charge on any atom is 0.0483 e.